The van der Waals surface area contributed by atoms with Gasteiger partial charge in [0, 0.05) is 19.6 Å². The van der Waals surface area contributed by atoms with Crippen LogP contribution < -0.4 is 21.5 Å². The quantitative estimate of drug-likeness (QED) is 0.750. The van der Waals surface area contributed by atoms with Crippen molar-refractivity contribution in [2.75, 3.05) is 24.5 Å². The molecule has 0 aliphatic carbocycles. The summed E-state index contributed by atoms with van der Waals surface area (Å²) in [7, 11) is 0. The second-order valence-electron chi connectivity index (χ2n) is 5.97. The number of nitrogens with zero attached hydrogens (tertiary/aromatic N) is 4. The summed E-state index contributed by atoms with van der Waals surface area (Å²) in [6.45, 7) is 3.65. The van der Waals surface area contributed by atoms with E-state index in [1.807, 2.05) is 11.8 Å². The molecule has 3 N–H and O–H groups in total. The molecule has 0 bridgehead atoms. The Kier molecular flexibility index (Phi) is 4.98. The largest absolute Gasteiger partial charge is 0.368 e. The summed E-state index contributed by atoms with van der Waals surface area (Å²) in [4.78, 5) is 46.1. The van der Waals surface area contributed by atoms with Crippen molar-refractivity contribution in [1.82, 2.24) is 19.9 Å². The highest BCUT2D eigenvalue weighted by molar-refractivity contribution is 7.22. The Balaban J connectivity index is 1.86. The molecular formula is C15H20N6O3S. The maximum absolute atomic E-state index is 12.4. The van der Waals surface area contributed by atoms with Gasteiger partial charge in [-0.05, 0) is 19.8 Å². The maximum atomic E-state index is 12.4. The number of rotatable bonds is 5. The molecule has 134 valence electrons. The van der Waals surface area contributed by atoms with Gasteiger partial charge in [0.2, 0.25) is 11.8 Å². The Bertz CT molecular complexity index is 861. The second kappa shape index (κ2) is 7.18. The van der Waals surface area contributed by atoms with Crippen LogP contribution in [0.5, 0.6) is 0 Å². The molecule has 0 spiro atoms. The van der Waals surface area contributed by atoms with Crippen LogP contribution in [0.3, 0.4) is 0 Å². The van der Waals surface area contributed by atoms with Gasteiger partial charge in [0.15, 0.2) is 10.8 Å². The zero-order valence-electron chi connectivity index (χ0n) is 13.9. The first kappa shape index (κ1) is 17.3. The summed E-state index contributed by atoms with van der Waals surface area (Å²) >= 11 is 1.23. The average molecular weight is 364 g/mol. The molecule has 10 heteroatoms. The number of carbonyl (C=O) groups excluding carboxylic acids is 2. The molecular weight excluding hydrogens is 344 g/mol. The number of aromatic nitrogens is 3. The molecule has 1 fully saturated rings. The van der Waals surface area contributed by atoms with E-state index < -0.39 is 5.91 Å². The highest BCUT2D eigenvalue weighted by Crippen LogP contribution is 2.29. The van der Waals surface area contributed by atoms with Crippen molar-refractivity contribution in [3.63, 3.8) is 0 Å². The molecule has 0 radical (unpaired) electrons. The first-order valence-corrected chi connectivity index (χ1v) is 8.98. The third kappa shape index (κ3) is 3.63. The first-order chi connectivity index (χ1) is 12.0. The lowest BCUT2D eigenvalue weighted by Crippen LogP contribution is -2.43. The van der Waals surface area contributed by atoms with Crippen LogP contribution in [-0.4, -0.2) is 46.0 Å². The number of fused-ring (bicyclic) bond motifs is 1. The van der Waals surface area contributed by atoms with Crippen molar-refractivity contribution in [3.8, 4) is 0 Å². The van der Waals surface area contributed by atoms with Gasteiger partial charge in [-0.25, -0.2) is 4.98 Å². The maximum Gasteiger partial charge on any atom is 0.273 e. The molecule has 1 aliphatic rings. The number of carbonyl (C=O) groups is 2. The molecule has 1 aliphatic heterocycles. The average Bonchev–Trinajstić information content (AvgIpc) is 3.03. The van der Waals surface area contributed by atoms with Crippen molar-refractivity contribution < 1.29 is 9.59 Å². The van der Waals surface area contributed by atoms with E-state index in [4.69, 9.17) is 5.73 Å². The van der Waals surface area contributed by atoms with Crippen LogP contribution in [0.1, 0.15) is 19.8 Å². The van der Waals surface area contributed by atoms with Crippen LogP contribution >= 0.6 is 11.3 Å². The molecule has 0 unspecified atom stereocenters. The van der Waals surface area contributed by atoms with Crippen molar-refractivity contribution in [1.29, 1.82) is 0 Å². The number of anilines is 1. The predicted molar refractivity (Wildman–Crippen MR) is 94.5 cm³/mol. The van der Waals surface area contributed by atoms with Gasteiger partial charge < -0.3 is 16.0 Å². The van der Waals surface area contributed by atoms with Crippen LogP contribution in [0, 0.1) is 5.92 Å². The SMILES string of the molecule is CCNC(=O)[C@@H]1CCCN(c2nc3ncn(CC(N)=O)c(=O)c3s2)C1. The number of nitrogens with two attached hydrogens (primary N) is 1. The van der Waals surface area contributed by atoms with Crippen LogP contribution in [0.15, 0.2) is 11.1 Å². The molecule has 3 heterocycles. The summed E-state index contributed by atoms with van der Waals surface area (Å²) in [5.74, 6) is -0.635. The zero-order valence-corrected chi connectivity index (χ0v) is 14.7. The Labute approximate surface area is 147 Å². The molecule has 2 amide bonds. The summed E-state index contributed by atoms with van der Waals surface area (Å²) in [6.07, 6.45) is 3.01. The van der Waals surface area contributed by atoms with Gasteiger partial charge in [0.1, 0.15) is 17.6 Å². The van der Waals surface area contributed by atoms with Gasteiger partial charge in [0.05, 0.1) is 5.92 Å². The molecule has 3 rings (SSSR count). The zero-order chi connectivity index (χ0) is 18.0. The number of nitrogens with one attached hydrogen (secondary N) is 1. The van der Waals surface area contributed by atoms with Crippen molar-refractivity contribution in [2.24, 2.45) is 11.7 Å². The van der Waals surface area contributed by atoms with Crippen LogP contribution in [0.4, 0.5) is 5.13 Å². The standard InChI is InChI=1S/C15H20N6O3S/c1-2-17-13(23)9-4-3-5-20(6-9)15-19-12-11(25-15)14(24)21(8-18-12)7-10(16)22/h8-9H,2-7H2,1H3,(H2,16,22)(H,17,23)/t9-/m1/s1. The number of primary amides is 1. The van der Waals surface area contributed by atoms with Crippen molar-refractivity contribution in [3.05, 3.63) is 16.7 Å². The van der Waals surface area contributed by atoms with Gasteiger partial charge in [-0.15, -0.1) is 0 Å². The Morgan fingerprint density at radius 2 is 2.28 bits per heavy atom. The van der Waals surface area contributed by atoms with Crippen LogP contribution in [-0.2, 0) is 16.1 Å². The van der Waals surface area contributed by atoms with E-state index >= 15 is 0 Å². The summed E-state index contributed by atoms with van der Waals surface area (Å²) in [5, 5.41) is 3.53. The molecule has 1 atom stereocenters. The van der Waals surface area contributed by atoms with E-state index in [2.05, 4.69) is 15.3 Å². The minimum Gasteiger partial charge on any atom is -0.368 e. The number of hydrogen-bond donors (Lipinski definition) is 2. The molecule has 9 nitrogen and oxygen atoms in total. The van der Waals surface area contributed by atoms with E-state index in [9.17, 15) is 14.4 Å². The minimum atomic E-state index is -0.603. The Morgan fingerprint density at radius 3 is 3.00 bits per heavy atom. The molecule has 25 heavy (non-hydrogen) atoms. The summed E-state index contributed by atoms with van der Waals surface area (Å²) < 4.78 is 1.57. The molecule has 2 aromatic heterocycles. The van der Waals surface area contributed by atoms with E-state index in [0.29, 0.717) is 28.6 Å². The van der Waals surface area contributed by atoms with Crippen LogP contribution in [0.2, 0.25) is 0 Å². The fourth-order valence-electron chi connectivity index (χ4n) is 2.93. The first-order valence-electron chi connectivity index (χ1n) is 8.16. The summed E-state index contributed by atoms with van der Waals surface area (Å²) in [6, 6.07) is 0. The lowest BCUT2D eigenvalue weighted by Gasteiger charge is -2.31. The molecule has 2 aromatic rings. The topological polar surface area (TPSA) is 123 Å². The fourth-order valence-corrected chi connectivity index (χ4v) is 3.94. The number of amides is 2. The number of thiazole rings is 1. The third-order valence-electron chi connectivity index (χ3n) is 4.11. The van der Waals surface area contributed by atoms with Crippen molar-refractivity contribution >= 4 is 38.6 Å². The van der Waals surface area contributed by atoms with E-state index in [-0.39, 0.29) is 23.9 Å². The Morgan fingerprint density at radius 1 is 1.48 bits per heavy atom. The minimum absolute atomic E-state index is 0.0512. The smallest absolute Gasteiger partial charge is 0.273 e. The van der Waals surface area contributed by atoms with Crippen molar-refractivity contribution in [2.45, 2.75) is 26.3 Å². The van der Waals surface area contributed by atoms with Gasteiger partial charge >= 0.3 is 0 Å². The predicted octanol–water partition coefficient (Wildman–Crippen LogP) is -0.309. The van der Waals surface area contributed by atoms with Gasteiger partial charge in [0.25, 0.3) is 5.56 Å². The van der Waals surface area contributed by atoms with E-state index in [1.165, 1.54) is 22.2 Å². The monoisotopic (exact) mass is 364 g/mol. The highest BCUT2D eigenvalue weighted by atomic mass is 32.1. The Hall–Kier alpha value is -2.49. The molecule has 0 aromatic carbocycles. The fraction of sp³-hybridized carbons (Fsp3) is 0.533. The second-order valence-corrected chi connectivity index (χ2v) is 6.95. The molecule has 0 saturated carbocycles. The number of piperidine rings is 1. The van der Waals surface area contributed by atoms with E-state index in [0.717, 1.165) is 19.4 Å². The van der Waals surface area contributed by atoms with Gasteiger partial charge in [-0.1, -0.05) is 11.3 Å². The van der Waals surface area contributed by atoms with E-state index in [1.54, 1.807) is 0 Å². The van der Waals surface area contributed by atoms with Gasteiger partial charge in [-0.3, -0.25) is 19.0 Å². The summed E-state index contributed by atoms with van der Waals surface area (Å²) in [5.41, 5.74) is 5.17. The lowest BCUT2D eigenvalue weighted by molar-refractivity contribution is -0.125. The van der Waals surface area contributed by atoms with Crippen LogP contribution in [0.25, 0.3) is 10.3 Å². The third-order valence-corrected chi connectivity index (χ3v) is 5.21. The number of hydrogen-bond acceptors (Lipinski definition) is 7. The molecule has 1 saturated heterocycles. The highest BCUT2D eigenvalue weighted by Gasteiger charge is 2.27. The van der Waals surface area contributed by atoms with Gasteiger partial charge in [-0.2, -0.15) is 4.98 Å². The lowest BCUT2D eigenvalue weighted by atomic mass is 9.97. The normalized spacial score (nSPS) is 17.6.